The minimum atomic E-state index is -3.63. The van der Waals surface area contributed by atoms with Crippen molar-refractivity contribution in [1.82, 2.24) is 4.72 Å². The number of amides is 1. The van der Waals surface area contributed by atoms with Gasteiger partial charge >= 0.3 is 0 Å². The second kappa shape index (κ2) is 3.96. The summed E-state index contributed by atoms with van der Waals surface area (Å²) < 4.78 is 31.6. The topological polar surface area (TPSA) is 98.5 Å². The molecule has 1 heterocycles. The molecule has 1 atom stereocenters. The van der Waals surface area contributed by atoms with E-state index in [1.54, 1.807) is 12.1 Å². The van der Waals surface area contributed by atoms with Crippen LogP contribution in [0.15, 0.2) is 18.2 Å². The highest BCUT2D eigenvalue weighted by Gasteiger charge is 2.47. The van der Waals surface area contributed by atoms with E-state index in [1.165, 1.54) is 20.0 Å². The van der Waals surface area contributed by atoms with Crippen LogP contribution in [0, 0.1) is 0 Å². The zero-order valence-corrected chi connectivity index (χ0v) is 10.9. The number of hydrogen-bond donors (Lipinski definition) is 2. The highest BCUT2D eigenvalue weighted by molar-refractivity contribution is 7.90. The van der Waals surface area contributed by atoms with E-state index in [2.05, 4.69) is 4.72 Å². The minimum Gasteiger partial charge on any atom is -0.469 e. The first-order valence-corrected chi connectivity index (χ1v) is 6.83. The summed E-state index contributed by atoms with van der Waals surface area (Å²) >= 11 is 0. The minimum absolute atomic E-state index is 0.173. The standard InChI is InChI=1S/C11H14N2O4S/c1-11(18(15,16)13-2)6-7-4-3-5-8(10(12)14)9(7)17-11/h3-5,13H,6H2,1-2H3,(H2,12,14). The van der Waals surface area contributed by atoms with Crippen molar-refractivity contribution in [2.24, 2.45) is 5.73 Å². The number of ether oxygens (including phenoxy) is 1. The summed E-state index contributed by atoms with van der Waals surface area (Å²) in [6.07, 6.45) is 0.173. The van der Waals surface area contributed by atoms with E-state index in [1.807, 2.05) is 0 Å². The first kappa shape index (κ1) is 12.8. The van der Waals surface area contributed by atoms with Gasteiger partial charge in [0, 0.05) is 12.0 Å². The van der Waals surface area contributed by atoms with Crippen molar-refractivity contribution in [1.29, 1.82) is 0 Å². The molecule has 18 heavy (non-hydrogen) atoms. The lowest BCUT2D eigenvalue weighted by molar-refractivity contribution is 0.0993. The molecule has 1 amide bonds. The molecule has 1 aliphatic heterocycles. The summed E-state index contributed by atoms with van der Waals surface area (Å²) in [6.45, 7) is 1.46. The van der Waals surface area contributed by atoms with Gasteiger partial charge in [-0.1, -0.05) is 12.1 Å². The number of carbonyl (C=O) groups is 1. The second-order valence-corrected chi connectivity index (χ2v) is 6.56. The fourth-order valence-corrected chi connectivity index (χ4v) is 2.97. The van der Waals surface area contributed by atoms with Crippen LogP contribution in [0.5, 0.6) is 5.75 Å². The lowest BCUT2D eigenvalue weighted by Crippen LogP contribution is -2.46. The first-order valence-electron chi connectivity index (χ1n) is 5.34. The summed E-state index contributed by atoms with van der Waals surface area (Å²) in [7, 11) is -2.31. The van der Waals surface area contributed by atoms with Crippen LogP contribution in [-0.4, -0.2) is 26.3 Å². The molecule has 0 fully saturated rings. The van der Waals surface area contributed by atoms with Crippen molar-refractivity contribution in [3.05, 3.63) is 29.3 Å². The molecule has 0 spiro atoms. The van der Waals surface area contributed by atoms with Gasteiger partial charge in [0.05, 0.1) is 5.56 Å². The van der Waals surface area contributed by atoms with E-state index in [-0.39, 0.29) is 17.7 Å². The fourth-order valence-electron chi connectivity index (χ4n) is 2.00. The Morgan fingerprint density at radius 3 is 2.72 bits per heavy atom. The maximum atomic E-state index is 11.9. The molecule has 98 valence electrons. The van der Waals surface area contributed by atoms with Crippen molar-refractivity contribution < 1.29 is 17.9 Å². The van der Waals surface area contributed by atoms with Crippen LogP contribution >= 0.6 is 0 Å². The Hall–Kier alpha value is -1.60. The van der Waals surface area contributed by atoms with Crippen molar-refractivity contribution >= 4 is 15.9 Å². The van der Waals surface area contributed by atoms with Crippen molar-refractivity contribution in [3.63, 3.8) is 0 Å². The number of sulfonamides is 1. The number of para-hydroxylation sites is 1. The molecule has 3 N–H and O–H groups in total. The molecule has 1 unspecified atom stereocenters. The molecule has 1 aromatic rings. The normalized spacial score (nSPS) is 22.3. The Morgan fingerprint density at radius 2 is 2.17 bits per heavy atom. The fraction of sp³-hybridized carbons (Fsp3) is 0.364. The highest BCUT2D eigenvalue weighted by atomic mass is 32.2. The first-order chi connectivity index (χ1) is 8.31. The average molecular weight is 270 g/mol. The van der Waals surface area contributed by atoms with E-state index >= 15 is 0 Å². The predicted octanol–water partition coefficient (Wildman–Crippen LogP) is -0.0142. The van der Waals surface area contributed by atoms with Gasteiger partial charge in [0.2, 0.25) is 4.93 Å². The predicted molar refractivity (Wildman–Crippen MR) is 65.7 cm³/mol. The van der Waals surface area contributed by atoms with E-state index in [0.29, 0.717) is 5.56 Å². The number of benzene rings is 1. The molecule has 0 radical (unpaired) electrons. The van der Waals surface area contributed by atoms with Gasteiger partial charge in [-0.05, 0) is 20.0 Å². The van der Waals surface area contributed by atoms with Gasteiger partial charge in [0.1, 0.15) is 5.75 Å². The average Bonchev–Trinajstić information content (AvgIpc) is 2.66. The molecule has 0 bridgehead atoms. The Kier molecular flexibility index (Phi) is 2.83. The van der Waals surface area contributed by atoms with E-state index < -0.39 is 20.9 Å². The SMILES string of the molecule is CNS(=O)(=O)C1(C)Cc2cccc(C(N)=O)c2O1. The molecule has 2 rings (SSSR count). The number of nitrogens with two attached hydrogens (primary N) is 1. The lowest BCUT2D eigenvalue weighted by Gasteiger charge is -2.23. The van der Waals surface area contributed by atoms with Crippen LogP contribution in [-0.2, 0) is 16.4 Å². The van der Waals surface area contributed by atoms with Crippen LogP contribution in [0.25, 0.3) is 0 Å². The number of fused-ring (bicyclic) bond motifs is 1. The zero-order chi connectivity index (χ0) is 13.6. The van der Waals surface area contributed by atoms with E-state index in [0.717, 1.165) is 0 Å². The summed E-state index contributed by atoms with van der Waals surface area (Å²) in [5.74, 6) is -0.385. The zero-order valence-electron chi connectivity index (χ0n) is 10.1. The molecule has 7 heteroatoms. The van der Waals surface area contributed by atoms with Crippen molar-refractivity contribution in [2.75, 3.05) is 7.05 Å². The third-order valence-electron chi connectivity index (χ3n) is 3.03. The molecular weight excluding hydrogens is 256 g/mol. The van der Waals surface area contributed by atoms with Gasteiger partial charge in [-0.2, -0.15) is 0 Å². The number of carbonyl (C=O) groups excluding carboxylic acids is 1. The monoisotopic (exact) mass is 270 g/mol. The lowest BCUT2D eigenvalue weighted by atomic mass is 10.1. The van der Waals surface area contributed by atoms with E-state index in [9.17, 15) is 13.2 Å². The largest absolute Gasteiger partial charge is 0.469 e. The molecule has 6 nitrogen and oxygen atoms in total. The third kappa shape index (κ3) is 1.75. The Bertz CT molecular complexity index is 611. The van der Waals surface area contributed by atoms with Crippen molar-refractivity contribution in [3.8, 4) is 5.75 Å². The number of primary amides is 1. The number of hydrogen-bond acceptors (Lipinski definition) is 4. The molecule has 0 aliphatic carbocycles. The van der Waals surface area contributed by atoms with Gasteiger partial charge in [0.15, 0.2) is 0 Å². The van der Waals surface area contributed by atoms with Crippen LogP contribution < -0.4 is 15.2 Å². The molecule has 0 aromatic heterocycles. The van der Waals surface area contributed by atoms with Crippen molar-refractivity contribution in [2.45, 2.75) is 18.3 Å². The molecule has 0 saturated carbocycles. The Labute approximate surface area is 105 Å². The molecule has 0 saturated heterocycles. The van der Waals surface area contributed by atoms with Gasteiger partial charge in [-0.15, -0.1) is 0 Å². The van der Waals surface area contributed by atoms with Crippen LogP contribution in [0.4, 0.5) is 0 Å². The Balaban J connectivity index is 2.51. The third-order valence-corrected chi connectivity index (χ3v) is 4.93. The van der Waals surface area contributed by atoms with E-state index in [4.69, 9.17) is 10.5 Å². The molecule has 1 aromatic carbocycles. The second-order valence-electron chi connectivity index (χ2n) is 4.28. The van der Waals surface area contributed by atoms with Gasteiger partial charge in [-0.25, -0.2) is 13.1 Å². The van der Waals surface area contributed by atoms with Gasteiger partial charge < -0.3 is 10.5 Å². The smallest absolute Gasteiger partial charge is 0.252 e. The molecular formula is C11H14N2O4S. The highest BCUT2D eigenvalue weighted by Crippen LogP contribution is 2.39. The van der Waals surface area contributed by atoms with Crippen LogP contribution in [0.3, 0.4) is 0 Å². The summed E-state index contributed by atoms with van der Waals surface area (Å²) in [5, 5.41) is 0. The van der Waals surface area contributed by atoms with Gasteiger partial charge in [-0.3, -0.25) is 4.79 Å². The molecule has 1 aliphatic rings. The summed E-state index contributed by atoms with van der Waals surface area (Å²) in [6, 6.07) is 4.89. The maximum absolute atomic E-state index is 11.9. The quantitative estimate of drug-likeness (QED) is 0.806. The summed E-state index contributed by atoms with van der Waals surface area (Å²) in [5.41, 5.74) is 6.09. The summed E-state index contributed by atoms with van der Waals surface area (Å²) in [4.78, 5) is 9.85. The van der Waals surface area contributed by atoms with Crippen LogP contribution in [0.2, 0.25) is 0 Å². The number of nitrogens with one attached hydrogen (secondary N) is 1. The van der Waals surface area contributed by atoms with Gasteiger partial charge in [0.25, 0.3) is 15.9 Å². The maximum Gasteiger partial charge on any atom is 0.252 e. The Morgan fingerprint density at radius 1 is 1.50 bits per heavy atom. The number of rotatable bonds is 3. The van der Waals surface area contributed by atoms with Crippen LogP contribution in [0.1, 0.15) is 22.8 Å².